The molecule has 0 radical (unpaired) electrons. The normalized spacial score (nSPS) is 34.8. The summed E-state index contributed by atoms with van der Waals surface area (Å²) in [6, 6.07) is 0.215. The van der Waals surface area contributed by atoms with Crippen molar-refractivity contribution < 1.29 is 13.5 Å². The number of aliphatic hydroxyl groups excluding tert-OH is 1. The first-order valence-corrected chi connectivity index (χ1v) is 7.01. The SMILES string of the molecule is O=S1(=O)CC[C@@H](N2CCC(O)CC2)C1. The van der Waals surface area contributed by atoms with E-state index >= 15 is 0 Å². The monoisotopic (exact) mass is 219 g/mol. The average molecular weight is 219 g/mol. The predicted molar refractivity (Wildman–Crippen MR) is 53.9 cm³/mol. The lowest BCUT2D eigenvalue weighted by atomic mass is 10.1. The van der Waals surface area contributed by atoms with E-state index in [9.17, 15) is 13.5 Å². The zero-order valence-electron chi connectivity index (χ0n) is 8.22. The third kappa shape index (κ3) is 2.27. The molecule has 2 aliphatic rings. The van der Waals surface area contributed by atoms with E-state index in [1.165, 1.54) is 0 Å². The van der Waals surface area contributed by atoms with Crippen LogP contribution in [0.4, 0.5) is 0 Å². The van der Waals surface area contributed by atoms with Crippen LogP contribution in [0.15, 0.2) is 0 Å². The van der Waals surface area contributed by atoms with Gasteiger partial charge in [0.2, 0.25) is 0 Å². The van der Waals surface area contributed by atoms with Crippen molar-refractivity contribution in [2.45, 2.75) is 31.4 Å². The van der Waals surface area contributed by atoms with Crippen LogP contribution in [0.3, 0.4) is 0 Å². The Bertz CT molecular complexity index is 293. The Kier molecular flexibility index (Phi) is 2.81. The van der Waals surface area contributed by atoms with Gasteiger partial charge in [0.05, 0.1) is 17.6 Å². The molecule has 2 rings (SSSR count). The van der Waals surface area contributed by atoms with E-state index < -0.39 is 9.84 Å². The van der Waals surface area contributed by atoms with Crippen LogP contribution in [0, 0.1) is 0 Å². The fraction of sp³-hybridized carbons (Fsp3) is 1.00. The molecule has 2 saturated heterocycles. The molecule has 2 fully saturated rings. The number of sulfone groups is 1. The molecule has 82 valence electrons. The van der Waals surface area contributed by atoms with Gasteiger partial charge in [-0.2, -0.15) is 0 Å². The number of aliphatic hydroxyl groups is 1. The highest BCUT2D eigenvalue weighted by atomic mass is 32.2. The van der Waals surface area contributed by atoms with Crippen LogP contribution in [0.1, 0.15) is 19.3 Å². The molecular formula is C9H17NO3S. The number of nitrogens with zero attached hydrogens (tertiary/aromatic N) is 1. The van der Waals surface area contributed by atoms with Crippen molar-refractivity contribution in [1.82, 2.24) is 4.90 Å². The van der Waals surface area contributed by atoms with Crippen molar-refractivity contribution in [2.24, 2.45) is 0 Å². The Morgan fingerprint density at radius 2 is 1.79 bits per heavy atom. The Hall–Kier alpha value is -0.130. The maximum absolute atomic E-state index is 11.3. The van der Waals surface area contributed by atoms with Crippen LogP contribution < -0.4 is 0 Å². The average Bonchev–Trinajstić information content (AvgIpc) is 2.47. The van der Waals surface area contributed by atoms with Crippen LogP contribution in [0.2, 0.25) is 0 Å². The zero-order chi connectivity index (χ0) is 10.2. The molecule has 0 unspecified atom stereocenters. The third-order valence-electron chi connectivity index (χ3n) is 3.22. The van der Waals surface area contributed by atoms with Gasteiger partial charge < -0.3 is 5.11 Å². The number of likely N-dealkylation sites (tertiary alicyclic amines) is 1. The van der Waals surface area contributed by atoms with Gasteiger partial charge in [0.15, 0.2) is 9.84 Å². The van der Waals surface area contributed by atoms with E-state index in [1.54, 1.807) is 0 Å². The quantitative estimate of drug-likeness (QED) is 0.654. The molecule has 1 N–H and O–H groups in total. The second kappa shape index (κ2) is 3.79. The summed E-state index contributed by atoms with van der Waals surface area (Å²) >= 11 is 0. The summed E-state index contributed by atoms with van der Waals surface area (Å²) in [5, 5.41) is 9.33. The molecule has 1 atom stereocenters. The minimum absolute atomic E-state index is 0.177. The van der Waals surface area contributed by atoms with E-state index in [4.69, 9.17) is 0 Å². The summed E-state index contributed by atoms with van der Waals surface area (Å²) in [6.07, 6.45) is 2.18. The summed E-state index contributed by atoms with van der Waals surface area (Å²) in [6.45, 7) is 1.70. The fourth-order valence-electron chi connectivity index (χ4n) is 2.31. The van der Waals surface area contributed by atoms with Crippen molar-refractivity contribution in [1.29, 1.82) is 0 Å². The van der Waals surface area contributed by atoms with Crippen LogP contribution >= 0.6 is 0 Å². The highest BCUT2D eigenvalue weighted by Crippen LogP contribution is 2.21. The smallest absolute Gasteiger partial charge is 0.151 e. The molecule has 14 heavy (non-hydrogen) atoms. The van der Waals surface area contributed by atoms with Crippen molar-refractivity contribution in [3.8, 4) is 0 Å². The lowest BCUT2D eigenvalue weighted by Crippen LogP contribution is -2.43. The first-order valence-electron chi connectivity index (χ1n) is 5.19. The van der Waals surface area contributed by atoms with Crippen LogP contribution in [0.25, 0.3) is 0 Å². The third-order valence-corrected chi connectivity index (χ3v) is 4.97. The fourth-order valence-corrected chi connectivity index (χ4v) is 4.08. The lowest BCUT2D eigenvalue weighted by Gasteiger charge is -2.33. The van der Waals surface area contributed by atoms with Crippen LogP contribution in [0.5, 0.6) is 0 Å². The van der Waals surface area contributed by atoms with Crippen LogP contribution in [-0.4, -0.2) is 55.2 Å². The summed E-state index contributed by atoms with van der Waals surface area (Å²) in [5.41, 5.74) is 0. The summed E-state index contributed by atoms with van der Waals surface area (Å²) in [4.78, 5) is 2.22. The second-order valence-corrected chi connectivity index (χ2v) is 6.55. The van der Waals surface area contributed by atoms with E-state index in [0.717, 1.165) is 32.4 Å². The molecule has 0 spiro atoms. The molecule has 2 aliphatic heterocycles. The largest absolute Gasteiger partial charge is 0.393 e. The summed E-state index contributed by atoms with van der Waals surface area (Å²) in [5.74, 6) is 0.666. The molecule has 0 saturated carbocycles. The Morgan fingerprint density at radius 3 is 2.29 bits per heavy atom. The predicted octanol–water partition coefficient (Wildman–Crippen LogP) is -0.370. The van der Waals surface area contributed by atoms with Gasteiger partial charge in [0.25, 0.3) is 0 Å². The minimum Gasteiger partial charge on any atom is -0.393 e. The van der Waals surface area contributed by atoms with Crippen LogP contribution in [-0.2, 0) is 9.84 Å². The first kappa shape index (κ1) is 10.4. The molecule has 0 aliphatic carbocycles. The van der Waals surface area contributed by atoms with Gasteiger partial charge in [-0.05, 0) is 19.3 Å². The standard InChI is InChI=1S/C9H17NO3S/c11-9-1-4-10(5-2-9)8-3-6-14(12,13)7-8/h8-9,11H,1-7H2/t8-/m1/s1. The van der Waals surface area contributed by atoms with E-state index in [1.807, 2.05) is 0 Å². The maximum Gasteiger partial charge on any atom is 0.151 e. The number of hydrogen-bond donors (Lipinski definition) is 1. The molecule has 4 nitrogen and oxygen atoms in total. The van der Waals surface area contributed by atoms with Gasteiger partial charge >= 0.3 is 0 Å². The van der Waals surface area contributed by atoms with Crippen molar-refractivity contribution in [3.63, 3.8) is 0 Å². The number of rotatable bonds is 1. The van der Waals surface area contributed by atoms with Gasteiger partial charge in [-0.15, -0.1) is 0 Å². The summed E-state index contributed by atoms with van der Waals surface area (Å²) < 4.78 is 22.5. The second-order valence-electron chi connectivity index (χ2n) is 4.32. The molecule has 2 heterocycles. The van der Waals surface area contributed by atoms with E-state index in [0.29, 0.717) is 11.5 Å². The highest BCUT2D eigenvalue weighted by molar-refractivity contribution is 7.91. The van der Waals surface area contributed by atoms with Crippen molar-refractivity contribution in [3.05, 3.63) is 0 Å². The zero-order valence-corrected chi connectivity index (χ0v) is 9.04. The Labute approximate surface area is 84.8 Å². The maximum atomic E-state index is 11.3. The van der Waals surface area contributed by atoms with Gasteiger partial charge in [0.1, 0.15) is 0 Å². The molecule has 0 aromatic rings. The molecular weight excluding hydrogens is 202 g/mol. The minimum atomic E-state index is -2.76. The highest BCUT2D eigenvalue weighted by Gasteiger charge is 2.33. The van der Waals surface area contributed by atoms with E-state index in [2.05, 4.69) is 4.90 Å². The Morgan fingerprint density at radius 1 is 1.14 bits per heavy atom. The molecule has 0 aromatic heterocycles. The number of hydrogen-bond acceptors (Lipinski definition) is 4. The molecule has 5 heteroatoms. The summed E-state index contributed by atoms with van der Waals surface area (Å²) in [7, 11) is -2.76. The first-order chi connectivity index (χ1) is 6.57. The Balaban J connectivity index is 1.91. The van der Waals surface area contributed by atoms with Gasteiger partial charge in [-0.1, -0.05) is 0 Å². The van der Waals surface area contributed by atoms with Gasteiger partial charge in [-0.25, -0.2) is 8.42 Å². The molecule has 0 bridgehead atoms. The lowest BCUT2D eigenvalue weighted by molar-refractivity contribution is 0.0662. The van der Waals surface area contributed by atoms with Crippen molar-refractivity contribution >= 4 is 9.84 Å². The van der Waals surface area contributed by atoms with Gasteiger partial charge in [-0.3, -0.25) is 4.90 Å². The molecule has 0 amide bonds. The topological polar surface area (TPSA) is 57.6 Å². The van der Waals surface area contributed by atoms with Gasteiger partial charge in [0, 0.05) is 19.1 Å². The number of piperidine rings is 1. The molecule has 0 aromatic carbocycles. The van der Waals surface area contributed by atoms with E-state index in [-0.39, 0.29) is 12.1 Å². The van der Waals surface area contributed by atoms with Crippen molar-refractivity contribution in [2.75, 3.05) is 24.6 Å².